The summed E-state index contributed by atoms with van der Waals surface area (Å²) in [5.74, 6) is 2.17. The summed E-state index contributed by atoms with van der Waals surface area (Å²) in [6.07, 6.45) is 0.638. The van der Waals surface area contributed by atoms with Crippen LogP contribution in [0.25, 0.3) is 0 Å². The van der Waals surface area contributed by atoms with Crippen LogP contribution >= 0.6 is 0 Å². The number of hydrogen-bond acceptors (Lipinski definition) is 6. The van der Waals surface area contributed by atoms with Gasteiger partial charge in [0.25, 0.3) is 11.8 Å². The number of amides is 2. The van der Waals surface area contributed by atoms with Gasteiger partial charge in [-0.05, 0) is 57.2 Å². The third-order valence-corrected chi connectivity index (χ3v) is 5.02. The molecule has 1 N–H and O–H groups in total. The summed E-state index contributed by atoms with van der Waals surface area (Å²) in [6, 6.07) is 11.9. The van der Waals surface area contributed by atoms with Gasteiger partial charge in [0.2, 0.25) is 0 Å². The Bertz CT molecular complexity index is 1180. The van der Waals surface area contributed by atoms with Gasteiger partial charge in [0.1, 0.15) is 28.6 Å². The summed E-state index contributed by atoms with van der Waals surface area (Å²) in [7, 11) is 3.41. The van der Waals surface area contributed by atoms with E-state index in [1.54, 1.807) is 63.5 Å². The molecule has 0 radical (unpaired) electrons. The minimum Gasteiger partial charge on any atom is -0.487 e. The summed E-state index contributed by atoms with van der Waals surface area (Å²) < 4.78 is 17.2. The number of aromatic nitrogens is 1. The molecule has 2 amide bonds. The van der Waals surface area contributed by atoms with E-state index in [0.29, 0.717) is 46.4 Å². The predicted octanol–water partition coefficient (Wildman–Crippen LogP) is 4.44. The van der Waals surface area contributed by atoms with Crippen molar-refractivity contribution in [2.45, 2.75) is 32.8 Å². The summed E-state index contributed by atoms with van der Waals surface area (Å²) in [5.41, 5.74) is 1.41. The molecule has 0 fully saturated rings. The SMILES string of the molecule is Cc1cc(NC(=O)c2cc(Oc3ccc(C(=O)N(C)C)cc3)c3c(c2)OC(C)(C)C3)no1. The highest BCUT2D eigenvalue weighted by Crippen LogP contribution is 2.43. The lowest BCUT2D eigenvalue weighted by Crippen LogP contribution is -2.24. The van der Waals surface area contributed by atoms with E-state index >= 15 is 0 Å². The molecule has 3 aromatic rings. The number of carbonyl (C=O) groups excluding carboxylic acids is 2. The third kappa shape index (κ3) is 4.44. The summed E-state index contributed by atoms with van der Waals surface area (Å²) in [5, 5.41) is 6.52. The Labute approximate surface area is 186 Å². The van der Waals surface area contributed by atoms with Crippen LogP contribution in [0.3, 0.4) is 0 Å². The number of fused-ring (bicyclic) bond motifs is 1. The van der Waals surface area contributed by atoms with Crippen molar-refractivity contribution < 1.29 is 23.6 Å². The molecule has 0 saturated heterocycles. The number of nitrogens with one attached hydrogen (secondary N) is 1. The van der Waals surface area contributed by atoms with Crippen molar-refractivity contribution in [3.05, 3.63) is 64.9 Å². The van der Waals surface area contributed by atoms with Crippen LogP contribution < -0.4 is 14.8 Å². The molecule has 0 atom stereocenters. The van der Waals surface area contributed by atoms with E-state index in [1.807, 2.05) is 13.8 Å². The number of nitrogens with zero attached hydrogens (tertiary/aromatic N) is 2. The molecule has 8 nitrogen and oxygen atoms in total. The number of carbonyl (C=O) groups is 2. The molecule has 0 aliphatic carbocycles. The second-order valence-corrected chi connectivity index (χ2v) is 8.59. The molecule has 4 rings (SSSR count). The van der Waals surface area contributed by atoms with Crippen molar-refractivity contribution in [3.8, 4) is 17.2 Å². The zero-order valence-corrected chi connectivity index (χ0v) is 18.7. The number of benzene rings is 2. The number of hydrogen-bond donors (Lipinski definition) is 1. The van der Waals surface area contributed by atoms with Crippen LogP contribution in [0.2, 0.25) is 0 Å². The van der Waals surface area contributed by atoms with Crippen molar-refractivity contribution in [3.63, 3.8) is 0 Å². The van der Waals surface area contributed by atoms with E-state index < -0.39 is 5.60 Å². The van der Waals surface area contributed by atoms with Crippen molar-refractivity contribution in [2.75, 3.05) is 19.4 Å². The maximum atomic E-state index is 12.8. The Hall–Kier alpha value is -3.81. The maximum Gasteiger partial charge on any atom is 0.257 e. The van der Waals surface area contributed by atoms with Gasteiger partial charge in [0.05, 0.1) is 0 Å². The van der Waals surface area contributed by atoms with Gasteiger partial charge in [0, 0.05) is 43.3 Å². The first-order chi connectivity index (χ1) is 15.1. The molecular weight excluding hydrogens is 410 g/mol. The molecule has 2 aromatic carbocycles. The molecule has 0 spiro atoms. The standard InChI is InChI=1S/C24H25N3O5/c1-14-10-21(26-32-14)25-22(28)16-11-19(18-13-24(2,3)31-20(18)12-16)30-17-8-6-15(7-9-17)23(29)27(4)5/h6-12H,13H2,1-5H3,(H,25,26,28). The molecule has 1 aliphatic heterocycles. The first-order valence-electron chi connectivity index (χ1n) is 10.2. The fourth-order valence-corrected chi connectivity index (χ4v) is 3.53. The smallest absolute Gasteiger partial charge is 0.257 e. The molecule has 0 saturated carbocycles. The minimum atomic E-state index is -0.416. The Kier molecular flexibility index (Phi) is 5.38. The lowest BCUT2D eigenvalue weighted by atomic mass is 9.99. The van der Waals surface area contributed by atoms with Crippen LogP contribution in [-0.2, 0) is 6.42 Å². The third-order valence-electron chi connectivity index (χ3n) is 5.02. The van der Waals surface area contributed by atoms with Crippen molar-refractivity contribution in [1.29, 1.82) is 0 Å². The van der Waals surface area contributed by atoms with Crippen LogP contribution in [0.1, 0.15) is 45.9 Å². The number of rotatable bonds is 5. The monoisotopic (exact) mass is 435 g/mol. The molecule has 32 heavy (non-hydrogen) atoms. The largest absolute Gasteiger partial charge is 0.487 e. The van der Waals surface area contributed by atoms with E-state index in [1.165, 1.54) is 4.90 Å². The molecule has 0 bridgehead atoms. The minimum absolute atomic E-state index is 0.0886. The van der Waals surface area contributed by atoms with Crippen LogP contribution in [0.4, 0.5) is 5.82 Å². The lowest BCUT2D eigenvalue weighted by Gasteiger charge is -2.16. The Morgan fingerprint density at radius 1 is 1.09 bits per heavy atom. The molecular formula is C24H25N3O5. The van der Waals surface area contributed by atoms with E-state index in [-0.39, 0.29) is 11.8 Å². The zero-order valence-electron chi connectivity index (χ0n) is 18.7. The Balaban J connectivity index is 1.63. The van der Waals surface area contributed by atoms with E-state index in [2.05, 4.69) is 10.5 Å². The average Bonchev–Trinajstić information content (AvgIpc) is 3.28. The normalized spacial score (nSPS) is 13.8. The van der Waals surface area contributed by atoms with Gasteiger partial charge in [-0.25, -0.2) is 0 Å². The van der Waals surface area contributed by atoms with Gasteiger partial charge in [-0.1, -0.05) is 5.16 Å². The zero-order chi connectivity index (χ0) is 23.0. The quantitative estimate of drug-likeness (QED) is 0.637. The summed E-state index contributed by atoms with van der Waals surface area (Å²) >= 11 is 0. The van der Waals surface area contributed by atoms with Crippen LogP contribution in [0, 0.1) is 6.92 Å². The number of ether oxygens (including phenoxy) is 2. The first-order valence-corrected chi connectivity index (χ1v) is 10.2. The molecule has 1 aliphatic rings. The Morgan fingerprint density at radius 3 is 2.44 bits per heavy atom. The highest BCUT2D eigenvalue weighted by molar-refractivity contribution is 6.04. The second-order valence-electron chi connectivity index (χ2n) is 8.59. The van der Waals surface area contributed by atoms with Crippen LogP contribution in [0.5, 0.6) is 17.2 Å². The molecule has 2 heterocycles. The van der Waals surface area contributed by atoms with Crippen molar-refractivity contribution in [1.82, 2.24) is 10.1 Å². The van der Waals surface area contributed by atoms with Gasteiger partial charge < -0.3 is 24.2 Å². The fourth-order valence-electron chi connectivity index (χ4n) is 3.53. The fraction of sp³-hybridized carbons (Fsp3) is 0.292. The molecule has 1 aromatic heterocycles. The highest BCUT2D eigenvalue weighted by Gasteiger charge is 2.34. The van der Waals surface area contributed by atoms with Gasteiger partial charge >= 0.3 is 0 Å². The van der Waals surface area contributed by atoms with E-state index in [0.717, 1.165) is 5.56 Å². The van der Waals surface area contributed by atoms with Gasteiger partial charge in [-0.15, -0.1) is 0 Å². The first kappa shape index (κ1) is 21.4. The van der Waals surface area contributed by atoms with Gasteiger partial charge in [0.15, 0.2) is 5.82 Å². The van der Waals surface area contributed by atoms with E-state index in [9.17, 15) is 9.59 Å². The average molecular weight is 435 g/mol. The highest BCUT2D eigenvalue weighted by atomic mass is 16.5. The molecule has 8 heteroatoms. The van der Waals surface area contributed by atoms with Gasteiger partial charge in [-0.2, -0.15) is 0 Å². The number of aryl methyl sites for hydroxylation is 1. The lowest BCUT2D eigenvalue weighted by molar-refractivity contribution is 0.0827. The summed E-state index contributed by atoms with van der Waals surface area (Å²) in [6.45, 7) is 5.71. The van der Waals surface area contributed by atoms with E-state index in [4.69, 9.17) is 14.0 Å². The second kappa shape index (κ2) is 8.03. The molecule has 166 valence electrons. The topological polar surface area (TPSA) is 93.9 Å². The summed E-state index contributed by atoms with van der Waals surface area (Å²) in [4.78, 5) is 26.5. The van der Waals surface area contributed by atoms with Gasteiger partial charge in [-0.3, -0.25) is 9.59 Å². The van der Waals surface area contributed by atoms with Crippen LogP contribution in [0.15, 0.2) is 47.0 Å². The Morgan fingerprint density at radius 2 is 1.81 bits per heavy atom. The maximum absolute atomic E-state index is 12.8. The van der Waals surface area contributed by atoms with Crippen LogP contribution in [-0.4, -0.2) is 41.6 Å². The predicted molar refractivity (Wildman–Crippen MR) is 119 cm³/mol. The van der Waals surface area contributed by atoms with Crippen molar-refractivity contribution in [2.24, 2.45) is 0 Å². The van der Waals surface area contributed by atoms with Crippen molar-refractivity contribution >= 4 is 17.6 Å². The number of anilines is 1. The molecule has 0 unspecified atom stereocenters.